The maximum Gasteiger partial charge on any atom is 0.217 e. The lowest BCUT2D eigenvalue weighted by atomic mass is 10.1. The van der Waals surface area contributed by atoms with Gasteiger partial charge in [-0.25, -0.2) is 18.4 Å². The molecule has 0 aliphatic carbocycles. The minimum atomic E-state index is -3.28. The van der Waals surface area contributed by atoms with Crippen molar-refractivity contribution < 1.29 is 13.2 Å². The lowest BCUT2D eigenvalue weighted by molar-refractivity contribution is -0.119. The highest BCUT2D eigenvalue weighted by Crippen LogP contribution is 2.34. The fraction of sp³-hybridized carbons (Fsp3) is 0.615. The molecule has 1 aromatic heterocycles. The van der Waals surface area contributed by atoms with Gasteiger partial charge in [0.1, 0.15) is 5.82 Å². The van der Waals surface area contributed by atoms with Gasteiger partial charge in [-0.1, -0.05) is 0 Å². The van der Waals surface area contributed by atoms with Crippen LogP contribution in [-0.4, -0.2) is 41.4 Å². The molecule has 0 spiro atoms. The second-order valence-corrected chi connectivity index (χ2v) is 7.20. The van der Waals surface area contributed by atoms with Crippen LogP contribution in [0.25, 0.3) is 0 Å². The minimum absolute atomic E-state index is 0.145. The first-order valence-corrected chi connectivity index (χ1v) is 8.67. The van der Waals surface area contributed by atoms with Gasteiger partial charge in [-0.05, 0) is 19.8 Å². The van der Waals surface area contributed by atoms with Crippen molar-refractivity contribution in [2.75, 3.05) is 12.8 Å². The Morgan fingerprint density at radius 1 is 1.52 bits per heavy atom. The van der Waals surface area contributed by atoms with E-state index in [0.717, 1.165) is 18.4 Å². The van der Waals surface area contributed by atoms with Crippen LogP contribution in [0.15, 0.2) is 6.20 Å². The van der Waals surface area contributed by atoms with Crippen LogP contribution in [0.3, 0.4) is 0 Å². The molecule has 1 amide bonds. The highest BCUT2D eigenvalue weighted by Gasteiger charge is 2.34. The summed E-state index contributed by atoms with van der Waals surface area (Å²) in [5, 5.41) is 2.71. The van der Waals surface area contributed by atoms with E-state index in [9.17, 15) is 13.2 Å². The third-order valence-corrected chi connectivity index (χ3v) is 4.78. The number of hydrogen-bond acceptors (Lipinski definition) is 5. The zero-order valence-electron chi connectivity index (χ0n) is 12.5. The van der Waals surface area contributed by atoms with Crippen LogP contribution in [0.4, 0.5) is 0 Å². The number of rotatable bonds is 4. The van der Waals surface area contributed by atoms with E-state index in [2.05, 4.69) is 15.3 Å². The van der Waals surface area contributed by atoms with Crippen molar-refractivity contribution >= 4 is 15.9 Å². The van der Waals surface area contributed by atoms with Gasteiger partial charge < -0.3 is 5.32 Å². The monoisotopic (exact) mass is 312 g/mol. The Kier molecular flexibility index (Phi) is 4.58. The summed E-state index contributed by atoms with van der Waals surface area (Å²) in [6, 6.07) is -0.273. The molecule has 0 aromatic carbocycles. The maximum atomic E-state index is 11.9. The molecule has 0 radical (unpaired) electrons. The van der Waals surface area contributed by atoms with Crippen LogP contribution in [0.5, 0.6) is 0 Å². The number of carbonyl (C=O) groups is 1. The Bertz CT molecular complexity index is 645. The van der Waals surface area contributed by atoms with E-state index in [0.29, 0.717) is 24.6 Å². The highest BCUT2D eigenvalue weighted by molar-refractivity contribution is 7.88. The average molecular weight is 312 g/mol. The van der Waals surface area contributed by atoms with Gasteiger partial charge in [-0.15, -0.1) is 0 Å². The molecule has 1 N–H and O–H groups in total. The van der Waals surface area contributed by atoms with Gasteiger partial charge in [0.15, 0.2) is 0 Å². The number of aryl methyl sites for hydroxylation is 1. The Balaban J connectivity index is 2.37. The third kappa shape index (κ3) is 3.76. The van der Waals surface area contributed by atoms with E-state index in [1.165, 1.54) is 17.5 Å². The third-order valence-electron chi connectivity index (χ3n) is 3.49. The summed E-state index contributed by atoms with van der Waals surface area (Å²) in [5.74, 6) is 0.449. The van der Waals surface area contributed by atoms with Crippen LogP contribution < -0.4 is 5.32 Å². The summed E-state index contributed by atoms with van der Waals surface area (Å²) in [7, 11) is -3.28. The molecular weight excluding hydrogens is 292 g/mol. The SMILES string of the molecule is CC(=O)NCc1cnc(C)nc1[C@@H]1CCCN1S(C)(=O)=O. The van der Waals surface area contributed by atoms with Gasteiger partial charge in [0.05, 0.1) is 18.0 Å². The van der Waals surface area contributed by atoms with Crippen molar-refractivity contribution in [1.82, 2.24) is 19.6 Å². The molecule has 2 rings (SSSR count). The largest absolute Gasteiger partial charge is 0.352 e. The van der Waals surface area contributed by atoms with E-state index >= 15 is 0 Å². The standard InChI is InChI=1S/C13H20N4O3S/c1-9-14-7-11(8-15-10(2)18)13(16-9)12-5-4-6-17(12)21(3,19)20/h7,12H,4-6,8H2,1-3H3,(H,15,18)/t12-/m0/s1. The fourth-order valence-corrected chi connectivity index (χ4v) is 3.70. The molecule has 116 valence electrons. The molecule has 1 aliphatic heterocycles. The van der Waals surface area contributed by atoms with Crippen molar-refractivity contribution in [3.8, 4) is 0 Å². The van der Waals surface area contributed by atoms with E-state index < -0.39 is 10.0 Å². The topological polar surface area (TPSA) is 92.3 Å². The molecule has 1 atom stereocenters. The smallest absolute Gasteiger partial charge is 0.217 e. The Labute approximate surface area is 124 Å². The first-order valence-electron chi connectivity index (χ1n) is 6.82. The molecule has 1 aromatic rings. The number of nitrogens with one attached hydrogen (secondary N) is 1. The first kappa shape index (κ1) is 15.8. The van der Waals surface area contributed by atoms with Crippen molar-refractivity contribution in [3.05, 3.63) is 23.3 Å². The van der Waals surface area contributed by atoms with Crippen LogP contribution in [-0.2, 0) is 21.4 Å². The summed E-state index contributed by atoms with van der Waals surface area (Å²) in [4.78, 5) is 19.7. The van der Waals surface area contributed by atoms with Crippen LogP contribution in [0, 0.1) is 6.92 Å². The van der Waals surface area contributed by atoms with Gasteiger partial charge in [0, 0.05) is 31.8 Å². The summed E-state index contributed by atoms with van der Waals surface area (Å²) in [6.45, 7) is 4.02. The Morgan fingerprint density at radius 2 is 2.24 bits per heavy atom. The minimum Gasteiger partial charge on any atom is -0.352 e. The lowest BCUT2D eigenvalue weighted by Gasteiger charge is -2.23. The quantitative estimate of drug-likeness (QED) is 0.875. The highest BCUT2D eigenvalue weighted by atomic mass is 32.2. The zero-order valence-corrected chi connectivity index (χ0v) is 13.3. The second-order valence-electron chi connectivity index (χ2n) is 5.27. The molecule has 1 fully saturated rings. The summed E-state index contributed by atoms with van der Waals surface area (Å²) in [6.07, 6.45) is 4.41. The van der Waals surface area contributed by atoms with Gasteiger partial charge >= 0.3 is 0 Å². The predicted octanol–water partition coefficient (Wildman–Crippen LogP) is 0.518. The molecule has 0 unspecified atom stereocenters. The lowest BCUT2D eigenvalue weighted by Crippen LogP contribution is -2.31. The Hall–Kier alpha value is -1.54. The first-order chi connectivity index (χ1) is 9.79. The molecule has 0 saturated carbocycles. The molecule has 1 saturated heterocycles. The van der Waals surface area contributed by atoms with E-state index in [1.807, 2.05) is 0 Å². The van der Waals surface area contributed by atoms with Gasteiger partial charge in [0.2, 0.25) is 15.9 Å². The van der Waals surface area contributed by atoms with Crippen LogP contribution in [0.2, 0.25) is 0 Å². The van der Waals surface area contributed by atoms with Crippen molar-refractivity contribution in [2.45, 2.75) is 39.3 Å². The number of nitrogens with zero attached hydrogens (tertiary/aromatic N) is 3. The molecule has 2 heterocycles. The summed E-state index contributed by atoms with van der Waals surface area (Å²) < 4.78 is 25.3. The number of sulfonamides is 1. The predicted molar refractivity (Wildman–Crippen MR) is 77.8 cm³/mol. The zero-order chi connectivity index (χ0) is 15.6. The van der Waals surface area contributed by atoms with Crippen LogP contribution >= 0.6 is 0 Å². The molecular formula is C13H20N4O3S. The molecule has 7 nitrogen and oxygen atoms in total. The van der Waals surface area contributed by atoms with Gasteiger partial charge in [0.25, 0.3) is 0 Å². The number of hydrogen-bond donors (Lipinski definition) is 1. The van der Waals surface area contributed by atoms with E-state index in [-0.39, 0.29) is 11.9 Å². The van der Waals surface area contributed by atoms with E-state index in [4.69, 9.17) is 0 Å². The van der Waals surface area contributed by atoms with Crippen LogP contribution in [0.1, 0.15) is 42.9 Å². The van der Waals surface area contributed by atoms with Crippen molar-refractivity contribution in [3.63, 3.8) is 0 Å². The number of aromatic nitrogens is 2. The van der Waals surface area contributed by atoms with Gasteiger partial charge in [-0.3, -0.25) is 4.79 Å². The second kappa shape index (κ2) is 6.07. The molecule has 8 heteroatoms. The molecule has 0 bridgehead atoms. The summed E-state index contributed by atoms with van der Waals surface area (Å²) >= 11 is 0. The average Bonchev–Trinajstić information content (AvgIpc) is 2.86. The van der Waals surface area contributed by atoms with E-state index in [1.54, 1.807) is 13.1 Å². The van der Waals surface area contributed by atoms with Gasteiger partial charge in [-0.2, -0.15) is 4.31 Å². The normalized spacial score (nSPS) is 19.7. The fourth-order valence-electron chi connectivity index (χ4n) is 2.57. The molecule has 21 heavy (non-hydrogen) atoms. The summed E-state index contributed by atoms with van der Waals surface area (Å²) in [5.41, 5.74) is 1.45. The molecule has 1 aliphatic rings. The van der Waals surface area contributed by atoms with Crippen molar-refractivity contribution in [2.24, 2.45) is 0 Å². The Morgan fingerprint density at radius 3 is 2.86 bits per heavy atom. The number of carbonyl (C=O) groups excluding carboxylic acids is 1. The maximum absolute atomic E-state index is 11.9. The van der Waals surface area contributed by atoms with Crippen molar-refractivity contribution in [1.29, 1.82) is 0 Å². The number of amides is 1.